The quantitative estimate of drug-likeness (QED) is 0.129. The van der Waals surface area contributed by atoms with Crippen LogP contribution in [0, 0.1) is 0 Å². The first kappa shape index (κ1) is 43.5. The van der Waals surface area contributed by atoms with Crippen molar-refractivity contribution in [2.45, 2.75) is 0 Å². The number of benzene rings is 10. The molecule has 6 nitrogen and oxygen atoms in total. The van der Waals surface area contributed by atoms with Crippen LogP contribution >= 0.6 is 0 Å². The summed E-state index contributed by atoms with van der Waals surface area (Å²) in [6.45, 7) is 0. The highest BCUT2D eigenvalue weighted by molar-refractivity contribution is 5.80. The number of aromatic nitrogens is 6. The zero-order valence-electron chi connectivity index (χ0n) is 39.1. The van der Waals surface area contributed by atoms with Crippen molar-refractivity contribution in [3.05, 3.63) is 267 Å². The fourth-order valence-electron chi connectivity index (χ4n) is 8.99. The Bertz CT molecular complexity index is 3710. The van der Waals surface area contributed by atoms with Gasteiger partial charge in [-0.1, -0.05) is 249 Å². The van der Waals surface area contributed by atoms with Gasteiger partial charge in [0.2, 0.25) is 0 Å². The predicted octanol–water partition coefficient (Wildman–Crippen LogP) is 16.4. The first-order valence-corrected chi connectivity index (χ1v) is 24.0. The van der Waals surface area contributed by atoms with Crippen LogP contribution in [0.5, 0.6) is 0 Å². The maximum absolute atomic E-state index is 5.13. The fraction of sp³-hybridized carbons (Fsp3) is 0. The van der Waals surface area contributed by atoms with E-state index in [4.69, 9.17) is 29.9 Å². The molecule has 0 aliphatic carbocycles. The molecule has 0 N–H and O–H groups in total. The summed E-state index contributed by atoms with van der Waals surface area (Å²) < 4.78 is 0. The van der Waals surface area contributed by atoms with Crippen molar-refractivity contribution in [2.75, 3.05) is 0 Å². The molecule has 0 bridgehead atoms. The first-order chi connectivity index (χ1) is 35.6. The van der Waals surface area contributed by atoms with Gasteiger partial charge in [0, 0.05) is 33.4 Å². The standard InChI is InChI=1S/C66H44N6/c1-5-16-45(17-6-1)48-30-36-52(37-31-48)62-67-61(51-22-11-4-12-23-51)69-65(70-62)59-28-14-26-57(43-59)55-24-13-25-56(42-55)58-27-15-29-60(44-58)66-71-63(53-38-32-49(33-39-53)46-18-7-2-8-19-46)68-64(72-66)54-40-34-50(35-41-54)47-20-9-3-10-21-47/h1-44H. The molecule has 0 radical (unpaired) electrons. The third-order valence-electron chi connectivity index (χ3n) is 12.8. The van der Waals surface area contributed by atoms with Gasteiger partial charge in [0.05, 0.1) is 0 Å². The maximum atomic E-state index is 5.13. The molecule has 12 rings (SSSR count). The Morgan fingerprint density at radius 2 is 0.292 bits per heavy atom. The van der Waals surface area contributed by atoms with Crippen molar-refractivity contribution < 1.29 is 0 Å². The minimum atomic E-state index is 0.596. The van der Waals surface area contributed by atoms with Gasteiger partial charge < -0.3 is 0 Å². The van der Waals surface area contributed by atoms with E-state index in [-0.39, 0.29) is 0 Å². The van der Waals surface area contributed by atoms with Gasteiger partial charge in [0.1, 0.15) is 0 Å². The van der Waals surface area contributed by atoms with Crippen molar-refractivity contribution in [3.63, 3.8) is 0 Å². The molecule has 0 atom stereocenters. The van der Waals surface area contributed by atoms with Gasteiger partial charge in [0.25, 0.3) is 0 Å². The fourth-order valence-corrected chi connectivity index (χ4v) is 8.99. The van der Waals surface area contributed by atoms with Crippen LogP contribution in [0.25, 0.3) is 124 Å². The Kier molecular flexibility index (Phi) is 11.9. The first-order valence-electron chi connectivity index (χ1n) is 24.0. The third kappa shape index (κ3) is 9.36. The SMILES string of the molecule is c1ccc(-c2ccc(-c3nc(-c4ccccc4)nc(-c4cccc(-c5cccc(-c6cccc(-c7nc(-c8ccc(-c9ccccc9)cc8)nc(-c8ccc(-c9ccccc9)cc8)n7)c6)c5)c4)n3)cc2)cc1. The van der Waals surface area contributed by atoms with E-state index in [0.717, 1.165) is 89.0 Å². The largest absolute Gasteiger partial charge is 0.208 e. The summed E-state index contributed by atoms with van der Waals surface area (Å²) in [5.41, 5.74) is 16.5. The van der Waals surface area contributed by atoms with Crippen LogP contribution in [0.15, 0.2) is 267 Å². The van der Waals surface area contributed by atoms with E-state index in [1.54, 1.807) is 0 Å². The summed E-state index contributed by atoms with van der Waals surface area (Å²) in [6, 6.07) is 92.0. The second kappa shape index (κ2) is 19.7. The Morgan fingerprint density at radius 1 is 0.125 bits per heavy atom. The summed E-state index contributed by atoms with van der Waals surface area (Å²) in [5, 5.41) is 0. The summed E-state index contributed by atoms with van der Waals surface area (Å²) in [4.78, 5) is 30.5. The number of rotatable bonds is 11. The van der Waals surface area contributed by atoms with E-state index < -0.39 is 0 Å². The lowest BCUT2D eigenvalue weighted by Gasteiger charge is -2.12. The minimum absolute atomic E-state index is 0.596. The highest BCUT2D eigenvalue weighted by atomic mass is 15.0. The Labute approximate surface area is 418 Å². The molecule has 0 spiro atoms. The molecule has 2 aromatic heterocycles. The molecule has 0 amide bonds. The summed E-state index contributed by atoms with van der Waals surface area (Å²) in [7, 11) is 0. The third-order valence-corrected chi connectivity index (χ3v) is 12.8. The maximum Gasteiger partial charge on any atom is 0.164 e. The van der Waals surface area contributed by atoms with Gasteiger partial charge in [-0.05, 0) is 73.8 Å². The highest BCUT2D eigenvalue weighted by Crippen LogP contribution is 2.34. The zero-order valence-corrected chi connectivity index (χ0v) is 39.1. The van der Waals surface area contributed by atoms with Crippen LogP contribution in [0.1, 0.15) is 0 Å². The van der Waals surface area contributed by atoms with Crippen molar-refractivity contribution in [1.82, 2.24) is 29.9 Å². The van der Waals surface area contributed by atoms with Gasteiger partial charge in [0.15, 0.2) is 34.9 Å². The summed E-state index contributed by atoms with van der Waals surface area (Å²) >= 11 is 0. The smallest absolute Gasteiger partial charge is 0.164 e. The topological polar surface area (TPSA) is 77.3 Å². The van der Waals surface area contributed by atoms with Gasteiger partial charge in [-0.2, -0.15) is 0 Å². The van der Waals surface area contributed by atoms with Gasteiger partial charge in [-0.25, -0.2) is 29.9 Å². The van der Waals surface area contributed by atoms with Crippen molar-refractivity contribution in [2.24, 2.45) is 0 Å². The lowest BCUT2D eigenvalue weighted by molar-refractivity contribution is 1.07. The summed E-state index contributed by atoms with van der Waals surface area (Å²) in [5.74, 6) is 3.65. The molecule has 2 heterocycles. The van der Waals surface area contributed by atoms with Crippen LogP contribution in [-0.2, 0) is 0 Å². The molecular formula is C66H44N6. The average Bonchev–Trinajstić information content (AvgIpc) is 3.48. The predicted molar refractivity (Wildman–Crippen MR) is 293 cm³/mol. The number of nitrogens with zero attached hydrogens (tertiary/aromatic N) is 6. The van der Waals surface area contributed by atoms with Crippen LogP contribution in [-0.4, -0.2) is 29.9 Å². The van der Waals surface area contributed by atoms with Crippen molar-refractivity contribution >= 4 is 0 Å². The monoisotopic (exact) mass is 920 g/mol. The lowest BCUT2D eigenvalue weighted by Crippen LogP contribution is -2.00. The highest BCUT2D eigenvalue weighted by Gasteiger charge is 2.16. The molecule has 338 valence electrons. The average molecular weight is 921 g/mol. The Morgan fingerprint density at radius 3 is 0.569 bits per heavy atom. The summed E-state index contributed by atoms with van der Waals surface area (Å²) in [6.07, 6.45) is 0. The van der Waals surface area contributed by atoms with Crippen LogP contribution in [0.4, 0.5) is 0 Å². The normalized spacial score (nSPS) is 11.1. The van der Waals surface area contributed by atoms with E-state index in [1.807, 2.05) is 48.5 Å². The Hall–Kier alpha value is -9.78. The van der Waals surface area contributed by atoms with Gasteiger partial charge in [-0.3, -0.25) is 0 Å². The zero-order chi connectivity index (χ0) is 48.1. The molecular weight excluding hydrogens is 877 g/mol. The molecule has 0 fully saturated rings. The van der Waals surface area contributed by atoms with Crippen LogP contribution < -0.4 is 0 Å². The Balaban J connectivity index is 0.880. The molecule has 0 aliphatic heterocycles. The lowest BCUT2D eigenvalue weighted by atomic mass is 9.97. The molecule has 12 aromatic rings. The van der Waals surface area contributed by atoms with Crippen LogP contribution in [0.2, 0.25) is 0 Å². The molecule has 72 heavy (non-hydrogen) atoms. The van der Waals surface area contributed by atoms with E-state index >= 15 is 0 Å². The van der Waals surface area contributed by atoms with E-state index in [1.165, 1.54) is 0 Å². The second-order valence-electron chi connectivity index (χ2n) is 17.6. The molecule has 10 aromatic carbocycles. The van der Waals surface area contributed by atoms with Crippen molar-refractivity contribution in [3.8, 4) is 124 Å². The molecule has 0 unspecified atom stereocenters. The van der Waals surface area contributed by atoms with E-state index in [2.05, 4.69) is 218 Å². The number of hydrogen-bond acceptors (Lipinski definition) is 6. The van der Waals surface area contributed by atoms with Gasteiger partial charge >= 0.3 is 0 Å². The van der Waals surface area contributed by atoms with E-state index in [0.29, 0.717) is 34.9 Å². The molecule has 0 saturated carbocycles. The van der Waals surface area contributed by atoms with Gasteiger partial charge in [-0.15, -0.1) is 0 Å². The molecule has 0 aliphatic rings. The van der Waals surface area contributed by atoms with Crippen LogP contribution in [0.3, 0.4) is 0 Å². The minimum Gasteiger partial charge on any atom is -0.208 e. The molecule has 6 heteroatoms. The molecule has 0 saturated heterocycles. The van der Waals surface area contributed by atoms with E-state index in [9.17, 15) is 0 Å². The second-order valence-corrected chi connectivity index (χ2v) is 17.6. The van der Waals surface area contributed by atoms with Crippen molar-refractivity contribution in [1.29, 1.82) is 0 Å². The number of hydrogen-bond donors (Lipinski definition) is 0.